The monoisotopic (exact) mass is 607 g/mol. The number of nitrogens with zero attached hydrogens (tertiary/aromatic N) is 4. The third kappa shape index (κ3) is 5.36. The van der Waals surface area contributed by atoms with E-state index in [2.05, 4.69) is 33.4 Å². The number of halogens is 1. The Morgan fingerprint density at radius 3 is 2.49 bits per heavy atom. The molecule has 8 nitrogen and oxygen atoms in total. The second kappa shape index (κ2) is 10.1. The van der Waals surface area contributed by atoms with E-state index < -0.39 is 15.4 Å². The van der Waals surface area contributed by atoms with Crippen molar-refractivity contribution in [3.05, 3.63) is 53.4 Å². The van der Waals surface area contributed by atoms with Crippen molar-refractivity contribution in [1.29, 1.82) is 5.26 Å². The summed E-state index contributed by atoms with van der Waals surface area (Å²) < 4.78 is 23.8. The lowest BCUT2D eigenvalue weighted by Gasteiger charge is -2.31. The first-order valence-corrected chi connectivity index (χ1v) is 17.1. The Balaban J connectivity index is 1.25. The molecule has 4 fully saturated rings. The summed E-state index contributed by atoms with van der Waals surface area (Å²) in [7, 11) is -2.96. The first kappa shape index (κ1) is 26.9. The molecule has 2 unspecified atom stereocenters. The smallest absolute Gasteiger partial charge is 0.225 e. The molecular weight excluding hydrogens is 578 g/mol. The summed E-state index contributed by atoms with van der Waals surface area (Å²) in [6.45, 7) is 0.982. The summed E-state index contributed by atoms with van der Waals surface area (Å²) in [6, 6.07) is 12.4. The van der Waals surface area contributed by atoms with Crippen LogP contribution in [0.2, 0.25) is 5.02 Å². The van der Waals surface area contributed by atoms with Crippen molar-refractivity contribution >= 4 is 44.4 Å². The average molecular weight is 608 g/mol. The van der Waals surface area contributed by atoms with Crippen molar-refractivity contribution in [3.63, 3.8) is 0 Å². The Bertz CT molecular complexity index is 1650. The molecule has 3 heterocycles. The highest BCUT2D eigenvalue weighted by molar-refractivity contribution is 7.91. The minimum atomic E-state index is -2.96. The third-order valence-corrected chi connectivity index (χ3v) is 12.1. The van der Waals surface area contributed by atoms with Crippen molar-refractivity contribution in [2.45, 2.75) is 43.6 Å². The maximum absolute atomic E-state index is 13.6. The zero-order valence-electron chi connectivity index (χ0n) is 22.4. The average Bonchev–Trinajstić information content (AvgIpc) is 3.88. The van der Waals surface area contributed by atoms with Crippen LogP contribution < -0.4 is 10.2 Å². The number of anilines is 1. The number of pyridine rings is 1. The molecule has 212 valence electrons. The van der Waals surface area contributed by atoms with Gasteiger partial charge in [-0.2, -0.15) is 5.26 Å². The van der Waals surface area contributed by atoms with E-state index in [0.29, 0.717) is 42.8 Å². The predicted molar refractivity (Wildman–Crippen MR) is 159 cm³/mol. The molecule has 41 heavy (non-hydrogen) atoms. The lowest BCUT2D eigenvalue weighted by molar-refractivity contribution is -0.127. The summed E-state index contributed by atoms with van der Waals surface area (Å²) >= 11 is 7.86. The zero-order chi connectivity index (χ0) is 28.4. The molecule has 4 aliphatic rings. The molecule has 4 atom stereocenters. The SMILES string of the molecule is N#CC1(NC(=O)[C@@H]2CC3CC3C[C@H]2c2nc(-c3cncc(Cl)c3)sc2-c2ccc(N3CCS(=O)(=O)CC3)cc2)CC1. The van der Waals surface area contributed by atoms with E-state index in [9.17, 15) is 18.5 Å². The topological polar surface area (TPSA) is 116 Å². The number of carbonyl (C=O) groups is 1. The molecule has 0 radical (unpaired) electrons. The number of amides is 1. The van der Waals surface area contributed by atoms with Crippen LogP contribution in [0.25, 0.3) is 21.0 Å². The third-order valence-electron chi connectivity index (χ3n) is 9.13. The van der Waals surface area contributed by atoms with Crippen molar-refractivity contribution in [3.8, 4) is 27.1 Å². The van der Waals surface area contributed by atoms with Crippen LogP contribution in [-0.2, 0) is 14.6 Å². The van der Waals surface area contributed by atoms with Gasteiger partial charge in [0.25, 0.3) is 0 Å². The summed E-state index contributed by atoms with van der Waals surface area (Å²) in [6.07, 6.45) is 7.66. The lowest BCUT2D eigenvalue weighted by atomic mass is 9.76. The van der Waals surface area contributed by atoms with E-state index in [-0.39, 0.29) is 29.2 Å². The van der Waals surface area contributed by atoms with Crippen LogP contribution >= 0.6 is 22.9 Å². The van der Waals surface area contributed by atoms with E-state index in [0.717, 1.165) is 51.7 Å². The number of rotatable bonds is 6. The van der Waals surface area contributed by atoms with Crippen LogP contribution in [-0.4, -0.2) is 54.4 Å². The molecule has 3 saturated carbocycles. The Hall–Kier alpha value is -3.00. The van der Waals surface area contributed by atoms with Gasteiger partial charge in [0.05, 0.1) is 33.2 Å². The van der Waals surface area contributed by atoms with Gasteiger partial charge >= 0.3 is 0 Å². The normalized spacial score (nSPS) is 27.4. The standard InChI is InChI=1S/C30H30ClN5O3S2/c31-22-12-21(15-33-16-22)29-34-26(24-13-19-11-20(19)14-25(24)28(37)35-30(17-32)5-6-30)27(40-29)18-1-3-23(4-2-18)36-7-9-41(38,39)10-8-36/h1-4,12,15-16,19-20,24-25H,5-11,13-14H2,(H,35,37)/t19?,20?,24-,25-/m1/s1. The highest BCUT2D eigenvalue weighted by Gasteiger charge is 2.52. The summed E-state index contributed by atoms with van der Waals surface area (Å²) in [5.41, 5.74) is 3.07. The van der Waals surface area contributed by atoms with Crippen LogP contribution in [0, 0.1) is 29.1 Å². The number of carbonyl (C=O) groups excluding carboxylic acids is 1. The number of aromatic nitrogens is 2. The number of thiazole rings is 1. The summed E-state index contributed by atoms with van der Waals surface area (Å²) in [5.74, 6) is 1.22. The molecule has 3 aromatic rings. The van der Waals surface area contributed by atoms with Gasteiger partial charge in [0.2, 0.25) is 5.91 Å². The lowest BCUT2D eigenvalue weighted by Crippen LogP contribution is -2.43. The second-order valence-corrected chi connectivity index (χ2v) is 15.7. The molecule has 0 spiro atoms. The first-order valence-electron chi connectivity index (χ1n) is 14.1. The molecule has 1 aliphatic heterocycles. The molecular formula is C30H30ClN5O3S2. The van der Waals surface area contributed by atoms with Gasteiger partial charge in [-0.25, -0.2) is 13.4 Å². The summed E-state index contributed by atoms with van der Waals surface area (Å²) in [4.78, 5) is 26.2. The maximum Gasteiger partial charge on any atom is 0.225 e. The van der Waals surface area contributed by atoms with Crippen LogP contribution in [0.3, 0.4) is 0 Å². The number of nitrogens with one attached hydrogen (secondary N) is 1. The number of benzene rings is 1. The Morgan fingerprint density at radius 1 is 1.07 bits per heavy atom. The van der Waals surface area contributed by atoms with Crippen molar-refractivity contribution in [2.24, 2.45) is 17.8 Å². The van der Waals surface area contributed by atoms with Gasteiger partial charge in [0.15, 0.2) is 9.84 Å². The van der Waals surface area contributed by atoms with Crippen LogP contribution in [0.4, 0.5) is 5.69 Å². The maximum atomic E-state index is 13.6. The minimum Gasteiger partial charge on any atom is -0.369 e. The molecule has 2 aromatic heterocycles. The highest BCUT2D eigenvalue weighted by atomic mass is 35.5. The molecule has 1 N–H and O–H groups in total. The fraction of sp³-hybridized carbons (Fsp3) is 0.467. The molecule has 7 rings (SSSR count). The van der Waals surface area contributed by atoms with Gasteiger partial charge in [0.1, 0.15) is 10.5 Å². The number of fused-ring (bicyclic) bond motifs is 1. The molecule has 1 amide bonds. The van der Waals surface area contributed by atoms with Gasteiger partial charge < -0.3 is 10.2 Å². The van der Waals surface area contributed by atoms with Crippen LogP contribution in [0.5, 0.6) is 0 Å². The largest absolute Gasteiger partial charge is 0.369 e. The van der Waals surface area contributed by atoms with Gasteiger partial charge in [-0.15, -0.1) is 11.3 Å². The molecule has 1 saturated heterocycles. The number of hydrogen-bond donors (Lipinski definition) is 1. The Kier molecular flexibility index (Phi) is 6.60. The molecule has 11 heteroatoms. The van der Waals surface area contributed by atoms with Gasteiger partial charge in [-0.3, -0.25) is 9.78 Å². The fourth-order valence-electron chi connectivity index (χ4n) is 6.42. The van der Waals surface area contributed by atoms with Gasteiger partial charge in [-0.05, 0) is 67.7 Å². The molecule has 0 bridgehead atoms. The van der Waals surface area contributed by atoms with Crippen LogP contribution in [0.15, 0.2) is 42.7 Å². The van der Waals surface area contributed by atoms with Crippen molar-refractivity contribution in [2.75, 3.05) is 29.5 Å². The Labute approximate surface area is 248 Å². The molecule has 3 aliphatic carbocycles. The Morgan fingerprint density at radius 2 is 1.80 bits per heavy atom. The van der Waals surface area contributed by atoms with Crippen molar-refractivity contribution in [1.82, 2.24) is 15.3 Å². The van der Waals surface area contributed by atoms with E-state index in [4.69, 9.17) is 16.6 Å². The quantitative estimate of drug-likeness (QED) is 0.416. The van der Waals surface area contributed by atoms with E-state index in [1.165, 1.54) is 0 Å². The number of sulfone groups is 1. The zero-order valence-corrected chi connectivity index (χ0v) is 24.8. The van der Waals surface area contributed by atoms with E-state index in [1.807, 2.05) is 18.2 Å². The van der Waals surface area contributed by atoms with Gasteiger partial charge in [0, 0.05) is 48.6 Å². The van der Waals surface area contributed by atoms with Crippen LogP contribution in [0.1, 0.15) is 43.7 Å². The number of hydrogen-bond acceptors (Lipinski definition) is 8. The van der Waals surface area contributed by atoms with E-state index in [1.54, 1.807) is 23.7 Å². The summed E-state index contributed by atoms with van der Waals surface area (Å²) in [5, 5.41) is 14.0. The van der Waals surface area contributed by atoms with Crippen molar-refractivity contribution < 1.29 is 13.2 Å². The first-order chi connectivity index (χ1) is 19.7. The highest BCUT2D eigenvalue weighted by Crippen LogP contribution is 2.58. The minimum absolute atomic E-state index is 0.0280. The number of nitriles is 1. The second-order valence-electron chi connectivity index (χ2n) is 11.9. The fourth-order valence-corrected chi connectivity index (χ4v) is 8.91. The molecule has 1 aromatic carbocycles. The van der Waals surface area contributed by atoms with Gasteiger partial charge in [-0.1, -0.05) is 23.7 Å². The predicted octanol–water partition coefficient (Wildman–Crippen LogP) is 5.06. The van der Waals surface area contributed by atoms with E-state index >= 15 is 0 Å².